The largest absolute Gasteiger partial charge is 0.306 e. The van der Waals surface area contributed by atoms with Crippen LogP contribution in [0.1, 0.15) is 95.4 Å². The fraction of sp³-hybridized carbons (Fsp3) is 0.115. The van der Waals surface area contributed by atoms with Gasteiger partial charge in [0.2, 0.25) is 0 Å². The van der Waals surface area contributed by atoms with Crippen LogP contribution in [0, 0.1) is 11.3 Å². The SMILES string of the molecule is N#Cc1cc2c(c3c1C1c4ccccc4C3c3ccccc31)c1c3c4c(c5c6c7c(ncc6n2c51)C(c1ccccc1)(c1ccccc1)c1ccccc1-7)CCc1cccc(c1-4)CC3. The van der Waals surface area contributed by atoms with Gasteiger partial charge in [-0.05, 0) is 121 Å². The van der Waals surface area contributed by atoms with Crippen LogP contribution in [-0.2, 0) is 31.1 Å². The first-order chi connectivity index (χ1) is 31.8. The maximum Gasteiger partial charge on any atom is 0.0995 e. The van der Waals surface area contributed by atoms with Crippen LogP contribution in [0.15, 0.2) is 164 Å². The van der Waals surface area contributed by atoms with Crippen molar-refractivity contribution in [3.63, 3.8) is 0 Å². The molecule has 0 aliphatic heterocycles. The van der Waals surface area contributed by atoms with E-state index in [-0.39, 0.29) is 11.8 Å². The summed E-state index contributed by atoms with van der Waals surface area (Å²) in [4.78, 5) is 5.75. The average molecular weight is 812 g/mol. The minimum atomic E-state index is -0.611. The number of rotatable bonds is 2. The van der Waals surface area contributed by atoms with Crippen molar-refractivity contribution >= 4 is 38.1 Å². The number of hydrogen-bond donors (Lipinski definition) is 0. The van der Waals surface area contributed by atoms with Gasteiger partial charge in [-0.15, -0.1) is 0 Å². The Hall–Kier alpha value is -7.80. The number of hydrogen-bond acceptors (Lipinski definition) is 2. The Labute approximate surface area is 369 Å². The molecule has 0 amide bonds. The molecule has 3 nitrogen and oxygen atoms in total. The lowest BCUT2D eigenvalue weighted by atomic mass is 9.59. The Balaban J connectivity index is 1.15. The Morgan fingerprint density at radius 1 is 0.516 bits per heavy atom. The highest BCUT2D eigenvalue weighted by molar-refractivity contribution is 6.31. The van der Waals surface area contributed by atoms with E-state index in [0.29, 0.717) is 0 Å². The zero-order valence-electron chi connectivity index (χ0n) is 34.9. The quantitative estimate of drug-likeness (QED) is 0.174. The van der Waals surface area contributed by atoms with Gasteiger partial charge in [-0.3, -0.25) is 4.98 Å². The lowest BCUT2D eigenvalue weighted by molar-refractivity contribution is 0.739. The second-order valence-corrected chi connectivity index (χ2v) is 18.9. The van der Waals surface area contributed by atoms with E-state index in [2.05, 4.69) is 174 Å². The fourth-order valence-corrected chi connectivity index (χ4v) is 14.3. The molecule has 0 atom stereocenters. The number of nitriles is 1. The first kappa shape index (κ1) is 33.8. The third-order valence-corrected chi connectivity index (χ3v) is 16.4. The third kappa shape index (κ3) is 3.68. The smallest absolute Gasteiger partial charge is 0.0995 e. The summed E-state index contributed by atoms with van der Waals surface area (Å²) in [6.07, 6.45) is 6.23. The summed E-state index contributed by atoms with van der Waals surface area (Å²) in [5, 5.41) is 16.8. The molecule has 0 saturated heterocycles. The monoisotopic (exact) mass is 811 g/mol. The summed E-state index contributed by atoms with van der Waals surface area (Å²) >= 11 is 0. The second kappa shape index (κ2) is 11.6. The first-order valence-corrected chi connectivity index (χ1v) is 22.9. The lowest BCUT2D eigenvalue weighted by Gasteiger charge is -2.43. The van der Waals surface area contributed by atoms with Gasteiger partial charge < -0.3 is 4.40 Å². The molecule has 0 radical (unpaired) electrons. The van der Waals surface area contributed by atoms with Crippen molar-refractivity contribution in [2.75, 3.05) is 0 Å². The molecule has 6 aliphatic rings. The second-order valence-electron chi connectivity index (χ2n) is 18.9. The molecule has 3 heterocycles. The van der Waals surface area contributed by atoms with Crippen molar-refractivity contribution < 1.29 is 0 Å². The molecular formula is C61H37N3. The summed E-state index contributed by atoms with van der Waals surface area (Å²) in [5.74, 6) is 0.0352. The van der Waals surface area contributed by atoms with E-state index >= 15 is 0 Å². The summed E-state index contributed by atoms with van der Waals surface area (Å²) in [5.41, 5.74) is 27.9. The number of aromatic nitrogens is 2. The van der Waals surface area contributed by atoms with Crippen LogP contribution < -0.4 is 0 Å². The molecule has 3 heteroatoms. The van der Waals surface area contributed by atoms with E-state index in [4.69, 9.17) is 4.98 Å². The van der Waals surface area contributed by atoms with Crippen molar-refractivity contribution in [1.29, 1.82) is 5.26 Å². The van der Waals surface area contributed by atoms with E-state index < -0.39 is 5.41 Å². The maximum absolute atomic E-state index is 11.4. The molecule has 2 bridgehead atoms. The number of fused-ring (bicyclic) bond motifs is 12. The van der Waals surface area contributed by atoms with Gasteiger partial charge in [0.05, 0.1) is 45.5 Å². The topological polar surface area (TPSA) is 41.1 Å². The predicted molar refractivity (Wildman–Crippen MR) is 256 cm³/mol. The number of nitrogens with zero attached hydrogens (tertiary/aromatic N) is 3. The molecule has 0 spiro atoms. The van der Waals surface area contributed by atoms with Crippen molar-refractivity contribution in [3.05, 3.63) is 248 Å². The van der Waals surface area contributed by atoms with Gasteiger partial charge >= 0.3 is 0 Å². The third-order valence-electron chi connectivity index (χ3n) is 16.4. The summed E-state index contributed by atoms with van der Waals surface area (Å²) in [7, 11) is 0. The lowest BCUT2D eigenvalue weighted by Crippen LogP contribution is -2.29. The number of aryl methyl sites for hydroxylation is 4. The molecule has 8 aromatic carbocycles. The zero-order chi connectivity index (χ0) is 41.6. The van der Waals surface area contributed by atoms with Crippen LogP contribution in [0.4, 0.5) is 0 Å². The van der Waals surface area contributed by atoms with Crippen LogP contribution in [0.3, 0.4) is 0 Å². The van der Waals surface area contributed by atoms with Crippen LogP contribution in [0.2, 0.25) is 0 Å². The molecule has 17 rings (SSSR count). The van der Waals surface area contributed by atoms with Gasteiger partial charge in [0.25, 0.3) is 0 Å². The molecule has 0 unspecified atom stereocenters. The van der Waals surface area contributed by atoms with Crippen molar-refractivity contribution in [1.82, 2.24) is 9.38 Å². The summed E-state index contributed by atoms with van der Waals surface area (Å²) < 4.78 is 2.57. The van der Waals surface area contributed by atoms with Crippen LogP contribution in [0.5, 0.6) is 0 Å². The van der Waals surface area contributed by atoms with Gasteiger partial charge in [-0.1, -0.05) is 152 Å². The van der Waals surface area contributed by atoms with Gasteiger partial charge in [0.1, 0.15) is 0 Å². The van der Waals surface area contributed by atoms with E-state index in [1.54, 1.807) is 0 Å². The average Bonchev–Trinajstić information content (AvgIpc) is 4.00. The molecule has 6 aliphatic carbocycles. The number of benzene rings is 8. The Morgan fingerprint density at radius 3 is 1.70 bits per heavy atom. The van der Waals surface area contributed by atoms with E-state index in [0.717, 1.165) is 48.0 Å². The standard InChI is InChI=1S/C61H37N3/c62-31-35-30-46-56(58-49(35)50-38-20-7-9-22-40(38)51(58)41-23-10-8-21-39(41)50)53-43-28-26-33-14-13-15-34-27-29-44(52(43)48(33)34)54-57-47(64(46)59(53)54)32-63-60-55(57)42-24-11-12-25-45(42)61(60,36-16-3-1-4-17-36)37-18-5-2-6-19-37/h1-25,30,32,50-51H,26-29H2. The summed E-state index contributed by atoms with van der Waals surface area (Å²) in [6, 6.07) is 61.5. The van der Waals surface area contributed by atoms with Gasteiger partial charge in [-0.2, -0.15) is 5.26 Å². The zero-order valence-corrected chi connectivity index (χ0v) is 34.9. The van der Waals surface area contributed by atoms with Crippen molar-refractivity contribution in [3.8, 4) is 28.3 Å². The maximum atomic E-state index is 11.4. The molecule has 0 saturated carbocycles. The minimum Gasteiger partial charge on any atom is -0.306 e. The van der Waals surface area contributed by atoms with Gasteiger partial charge in [-0.25, -0.2) is 0 Å². The van der Waals surface area contributed by atoms with Gasteiger partial charge in [0, 0.05) is 38.9 Å². The van der Waals surface area contributed by atoms with E-state index in [9.17, 15) is 5.26 Å². The van der Waals surface area contributed by atoms with Gasteiger partial charge in [0.15, 0.2) is 0 Å². The molecule has 0 N–H and O–H groups in total. The highest BCUT2D eigenvalue weighted by atomic mass is 14.9. The number of pyridine rings is 1. The summed E-state index contributed by atoms with van der Waals surface area (Å²) in [6.45, 7) is 0. The minimum absolute atomic E-state index is 0.00592. The van der Waals surface area contributed by atoms with Crippen molar-refractivity contribution in [2.45, 2.75) is 42.9 Å². The molecule has 11 aromatic rings. The molecule has 3 aromatic heterocycles. The molecule has 64 heavy (non-hydrogen) atoms. The van der Waals surface area contributed by atoms with Crippen LogP contribution >= 0.6 is 0 Å². The van der Waals surface area contributed by atoms with Crippen LogP contribution in [0.25, 0.3) is 60.3 Å². The molecule has 296 valence electrons. The first-order valence-electron chi connectivity index (χ1n) is 22.9. The predicted octanol–water partition coefficient (Wildman–Crippen LogP) is 13.3. The molecular weight excluding hydrogens is 775 g/mol. The highest BCUT2D eigenvalue weighted by Crippen LogP contribution is 2.63. The van der Waals surface area contributed by atoms with Crippen LogP contribution in [-0.4, -0.2) is 9.38 Å². The Kier molecular flexibility index (Phi) is 6.13. The normalized spacial score (nSPS) is 17.5. The molecule has 0 fully saturated rings. The van der Waals surface area contributed by atoms with Crippen molar-refractivity contribution in [2.24, 2.45) is 0 Å². The Morgan fingerprint density at radius 2 is 1.08 bits per heavy atom. The van der Waals surface area contributed by atoms with E-state index in [1.165, 1.54) is 122 Å². The Bertz CT molecular complexity index is 3880. The highest BCUT2D eigenvalue weighted by Gasteiger charge is 2.50. The van der Waals surface area contributed by atoms with E-state index in [1.807, 2.05) is 0 Å². The fourth-order valence-electron chi connectivity index (χ4n) is 14.3.